The van der Waals surface area contributed by atoms with Crippen molar-refractivity contribution < 1.29 is 0 Å². The van der Waals surface area contributed by atoms with E-state index in [-0.39, 0.29) is 0 Å². The molecule has 0 amide bonds. The van der Waals surface area contributed by atoms with Crippen LogP contribution in [-0.4, -0.2) is 26.3 Å². The number of imidazole rings is 1. The Balaban J connectivity index is 2.00. The van der Waals surface area contributed by atoms with E-state index in [2.05, 4.69) is 32.0 Å². The van der Waals surface area contributed by atoms with Gasteiger partial charge in [-0.15, -0.1) is 0 Å². The maximum Gasteiger partial charge on any atom is 0.108 e. The molecule has 5 heteroatoms. The molecule has 0 saturated heterocycles. The predicted molar refractivity (Wildman–Crippen MR) is 74.6 cm³/mol. The summed E-state index contributed by atoms with van der Waals surface area (Å²) in [5.74, 6) is 1.12. The van der Waals surface area contributed by atoms with Crippen molar-refractivity contribution in [2.75, 3.05) is 6.54 Å². The van der Waals surface area contributed by atoms with Crippen molar-refractivity contribution in [2.45, 2.75) is 32.2 Å². The SMILES string of the molecule is CCCNC(CCc1nccn1C)c1ccnnc1. The molecule has 0 aromatic carbocycles. The van der Waals surface area contributed by atoms with Gasteiger partial charge in [0, 0.05) is 38.1 Å². The Bertz CT molecular complexity index is 480. The molecule has 0 bridgehead atoms. The first kappa shape index (κ1) is 13.7. The first-order valence-electron chi connectivity index (χ1n) is 6.77. The Morgan fingerprint density at radius 1 is 1.32 bits per heavy atom. The maximum atomic E-state index is 4.37. The van der Waals surface area contributed by atoms with Gasteiger partial charge in [0.05, 0.1) is 6.20 Å². The Kier molecular flexibility index (Phi) is 5.03. The Morgan fingerprint density at radius 2 is 2.21 bits per heavy atom. The summed E-state index contributed by atoms with van der Waals surface area (Å²) in [4.78, 5) is 4.37. The van der Waals surface area contributed by atoms with Gasteiger partial charge in [-0.05, 0) is 31.0 Å². The van der Waals surface area contributed by atoms with Crippen molar-refractivity contribution in [3.8, 4) is 0 Å². The summed E-state index contributed by atoms with van der Waals surface area (Å²) in [6.45, 7) is 3.18. The predicted octanol–water partition coefficient (Wildman–Crippen LogP) is 1.88. The lowest BCUT2D eigenvalue weighted by Gasteiger charge is -2.18. The molecule has 0 radical (unpaired) electrons. The van der Waals surface area contributed by atoms with Crippen molar-refractivity contribution in [1.29, 1.82) is 0 Å². The van der Waals surface area contributed by atoms with Crippen molar-refractivity contribution in [3.05, 3.63) is 42.2 Å². The summed E-state index contributed by atoms with van der Waals surface area (Å²) in [6.07, 6.45) is 10.5. The van der Waals surface area contributed by atoms with E-state index in [0.29, 0.717) is 6.04 Å². The number of aryl methyl sites for hydroxylation is 2. The number of hydrogen-bond donors (Lipinski definition) is 1. The lowest BCUT2D eigenvalue weighted by molar-refractivity contribution is 0.489. The minimum Gasteiger partial charge on any atom is -0.338 e. The zero-order chi connectivity index (χ0) is 13.5. The topological polar surface area (TPSA) is 55.6 Å². The van der Waals surface area contributed by atoms with E-state index in [4.69, 9.17) is 0 Å². The van der Waals surface area contributed by atoms with Gasteiger partial charge >= 0.3 is 0 Å². The van der Waals surface area contributed by atoms with Crippen LogP contribution in [0.2, 0.25) is 0 Å². The number of nitrogens with one attached hydrogen (secondary N) is 1. The smallest absolute Gasteiger partial charge is 0.108 e. The van der Waals surface area contributed by atoms with E-state index >= 15 is 0 Å². The molecule has 2 aromatic rings. The van der Waals surface area contributed by atoms with Gasteiger partial charge < -0.3 is 9.88 Å². The lowest BCUT2D eigenvalue weighted by Crippen LogP contribution is -2.23. The van der Waals surface area contributed by atoms with Gasteiger partial charge in [0.2, 0.25) is 0 Å². The average molecular weight is 259 g/mol. The molecule has 1 unspecified atom stereocenters. The summed E-state index contributed by atoms with van der Waals surface area (Å²) >= 11 is 0. The number of hydrogen-bond acceptors (Lipinski definition) is 4. The highest BCUT2D eigenvalue weighted by Crippen LogP contribution is 2.17. The normalized spacial score (nSPS) is 12.5. The summed E-state index contributed by atoms with van der Waals surface area (Å²) < 4.78 is 2.07. The zero-order valence-corrected chi connectivity index (χ0v) is 11.6. The monoisotopic (exact) mass is 259 g/mol. The molecule has 2 aromatic heterocycles. The van der Waals surface area contributed by atoms with Crippen LogP contribution in [0.25, 0.3) is 0 Å². The summed E-state index contributed by atoms with van der Waals surface area (Å²) in [5.41, 5.74) is 1.19. The summed E-state index contributed by atoms with van der Waals surface area (Å²) in [7, 11) is 2.03. The highest BCUT2D eigenvalue weighted by molar-refractivity contribution is 5.12. The summed E-state index contributed by atoms with van der Waals surface area (Å²) in [6, 6.07) is 2.34. The van der Waals surface area contributed by atoms with Gasteiger partial charge in [0.25, 0.3) is 0 Å². The Morgan fingerprint density at radius 3 is 2.84 bits per heavy atom. The van der Waals surface area contributed by atoms with E-state index in [9.17, 15) is 0 Å². The second kappa shape index (κ2) is 6.99. The van der Waals surface area contributed by atoms with Crippen LogP contribution in [0, 0.1) is 0 Å². The Labute approximate surface area is 114 Å². The van der Waals surface area contributed by atoms with Crippen LogP contribution in [0.1, 0.15) is 37.2 Å². The van der Waals surface area contributed by atoms with Crippen LogP contribution < -0.4 is 5.32 Å². The van der Waals surface area contributed by atoms with Crippen LogP contribution in [0.5, 0.6) is 0 Å². The highest BCUT2D eigenvalue weighted by atomic mass is 15.1. The average Bonchev–Trinajstić information content (AvgIpc) is 2.85. The third-order valence-corrected chi connectivity index (χ3v) is 3.23. The molecule has 5 nitrogen and oxygen atoms in total. The molecule has 0 spiro atoms. The van der Waals surface area contributed by atoms with Gasteiger partial charge in [-0.25, -0.2) is 4.98 Å². The van der Waals surface area contributed by atoms with Crippen LogP contribution in [0.3, 0.4) is 0 Å². The third kappa shape index (κ3) is 3.86. The minimum atomic E-state index is 0.312. The third-order valence-electron chi connectivity index (χ3n) is 3.23. The number of rotatable bonds is 7. The van der Waals surface area contributed by atoms with E-state index in [1.807, 2.05) is 31.7 Å². The minimum absolute atomic E-state index is 0.312. The van der Waals surface area contributed by atoms with Gasteiger partial charge in [0.15, 0.2) is 0 Å². The van der Waals surface area contributed by atoms with E-state index < -0.39 is 0 Å². The quantitative estimate of drug-likeness (QED) is 0.825. The molecule has 2 heterocycles. The number of nitrogens with zero attached hydrogens (tertiary/aromatic N) is 4. The van der Waals surface area contributed by atoms with Crippen molar-refractivity contribution >= 4 is 0 Å². The van der Waals surface area contributed by atoms with Gasteiger partial charge in [-0.1, -0.05) is 6.92 Å². The van der Waals surface area contributed by atoms with Crippen molar-refractivity contribution in [1.82, 2.24) is 25.1 Å². The molecule has 0 fully saturated rings. The maximum absolute atomic E-state index is 4.37. The second-order valence-electron chi connectivity index (χ2n) is 4.68. The molecule has 0 aliphatic heterocycles. The van der Waals surface area contributed by atoms with E-state index in [0.717, 1.165) is 31.6 Å². The van der Waals surface area contributed by atoms with E-state index in [1.54, 1.807) is 6.20 Å². The first-order valence-corrected chi connectivity index (χ1v) is 6.77. The molecule has 19 heavy (non-hydrogen) atoms. The fourth-order valence-corrected chi connectivity index (χ4v) is 2.12. The molecular weight excluding hydrogens is 238 g/mol. The van der Waals surface area contributed by atoms with Crippen LogP contribution in [0.4, 0.5) is 0 Å². The van der Waals surface area contributed by atoms with Crippen molar-refractivity contribution in [3.63, 3.8) is 0 Å². The molecule has 2 rings (SSSR count). The largest absolute Gasteiger partial charge is 0.338 e. The fourth-order valence-electron chi connectivity index (χ4n) is 2.12. The van der Waals surface area contributed by atoms with Crippen LogP contribution >= 0.6 is 0 Å². The van der Waals surface area contributed by atoms with Crippen LogP contribution in [-0.2, 0) is 13.5 Å². The van der Waals surface area contributed by atoms with Crippen LogP contribution in [0.15, 0.2) is 30.9 Å². The number of aromatic nitrogens is 4. The molecule has 0 aliphatic rings. The lowest BCUT2D eigenvalue weighted by atomic mass is 10.0. The van der Waals surface area contributed by atoms with Crippen molar-refractivity contribution in [2.24, 2.45) is 7.05 Å². The molecule has 102 valence electrons. The summed E-state index contributed by atoms with van der Waals surface area (Å²) in [5, 5.41) is 11.4. The fraction of sp³-hybridized carbons (Fsp3) is 0.500. The first-order chi connectivity index (χ1) is 9.31. The second-order valence-corrected chi connectivity index (χ2v) is 4.68. The van der Waals surface area contributed by atoms with Gasteiger partial charge in [-0.2, -0.15) is 10.2 Å². The zero-order valence-electron chi connectivity index (χ0n) is 11.6. The molecule has 0 saturated carbocycles. The van der Waals surface area contributed by atoms with E-state index in [1.165, 1.54) is 5.56 Å². The highest BCUT2D eigenvalue weighted by Gasteiger charge is 2.12. The van der Waals surface area contributed by atoms with Gasteiger partial charge in [-0.3, -0.25) is 0 Å². The van der Waals surface area contributed by atoms with Gasteiger partial charge in [0.1, 0.15) is 5.82 Å². The molecule has 1 atom stereocenters. The standard InChI is InChI=1S/C14H21N5/c1-3-7-15-13(12-6-8-17-18-11-12)4-5-14-16-9-10-19(14)2/h6,8-11,13,15H,3-5,7H2,1-2H3. The molecule has 0 aliphatic carbocycles. The molecule has 1 N–H and O–H groups in total. The Hall–Kier alpha value is -1.75. The molecular formula is C14H21N5.